The first kappa shape index (κ1) is 21.3. The van der Waals surface area contributed by atoms with Crippen molar-refractivity contribution in [1.82, 2.24) is 25.4 Å². The molecular formula is C21H23Cl2N5O. The maximum absolute atomic E-state index is 12.8. The van der Waals surface area contributed by atoms with Gasteiger partial charge < -0.3 is 10.6 Å². The van der Waals surface area contributed by atoms with Gasteiger partial charge in [-0.25, -0.2) is 9.67 Å². The molecule has 0 saturated heterocycles. The van der Waals surface area contributed by atoms with Crippen LogP contribution < -0.4 is 10.6 Å². The Bertz CT molecular complexity index is 1030. The Kier molecular flexibility index (Phi) is 6.57. The topological polar surface area (TPSA) is 71.8 Å². The van der Waals surface area contributed by atoms with Crippen LogP contribution in [0, 0.1) is 13.8 Å². The van der Waals surface area contributed by atoms with E-state index in [0.29, 0.717) is 17.4 Å². The van der Waals surface area contributed by atoms with Gasteiger partial charge in [-0.3, -0.25) is 4.79 Å². The van der Waals surface area contributed by atoms with Crippen LogP contribution >= 0.6 is 24.0 Å². The summed E-state index contributed by atoms with van der Waals surface area (Å²) in [7, 11) is 0. The van der Waals surface area contributed by atoms with Gasteiger partial charge in [0.15, 0.2) is 5.82 Å². The summed E-state index contributed by atoms with van der Waals surface area (Å²) in [6.45, 7) is 5.23. The fourth-order valence-electron chi connectivity index (χ4n) is 3.62. The Balaban J connectivity index is 0.00000240. The number of hydrogen-bond donors (Lipinski definition) is 2. The minimum atomic E-state index is -0.293. The highest BCUT2D eigenvalue weighted by Crippen LogP contribution is 2.22. The standard InChI is InChI=1S/C21H22ClN5O.ClH/c1-13-11-14(2)27(26-13)19-8-7-17(22)20(25-19)21(28)24-12-18-16-6-4-3-5-15(16)9-10-23-18;/h3-8,11,18,23H,9-10,12H2,1-2H3,(H,24,28);1H. The molecule has 2 aromatic heterocycles. The zero-order valence-corrected chi connectivity index (χ0v) is 17.8. The zero-order chi connectivity index (χ0) is 19.7. The molecular weight excluding hydrogens is 409 g/mol. The van der Waals surface area contributed by atoms with E-state index in [1.807, 2.05) is 32.0 Å². The lowest BCUT2D eigenvalue weighted by Crippen LogP contribution is -2.39. The predicted molar refractivity (Wildman–Crippen MR) is 116 cm³/mol. The van der Waals surface area contributed by atoms with Crippen molar-refractivity contribution in [3.8, 4) is 5.82 Å². The van der Waals surface area contributed by atoms with Gasteiger partial charge in [0.05, 0.1) is 10.7 Å². The number of halogens is 2. The van der Waals surface area contributed by atoms with Crippen molar-refractivity contribution in [3.63, 3.8) is 0 Å². The Hall–Kier alpha value is -2.41. The molecule has 29 heavy (non-hydrogen) atoms. The first-order valence-corrected chi connectivity index (χ1v) is 9.70. The zero-order valence-electron chi connectivity index (χ0n) is 16.3. The second-order valence-corrected chi connectivity index (χ2v) is 7.41. The SMILES string of the molecule is Cc1cc(C)n(-c2ccc(Cl)c(C(=O)NCC3NCCc4ccccc43)n2)n1.Cl. The van der Waals surface area contributed by atoms with Crippen LogP contribution in [0.4, 0.5) is 0 Å². The number of benzene rings is 1. The Morgan fingerprint density at radius 2 is 2.07 bits per heavy atom. The van der Waals surface area contributed by atoms with E-state index in [1.165, 1.54) is 11.1 Å². The summed E-state index contributed by atoms with van der Waals surface area (Å²) in [4.78, 5) is 17.2. The molecule has 8 heteroatoms. The van der Waals surface area contributed by atoms with Crippen molar-refractivity contribution in [2.45, 2.75) is 26.3 Å². The van der Waals surface area contributed by atoms with Gasteiger partial charge in [-0.2, -0.15) is 5.10 Å². The number of fused-ring (bicyclic) bond motifs is 1. The smallest absolute Gasteiger partial charge is 0.271 e. The first-order chi connectivity index (χ1) is 13.5. The third kappa shape index (κ3) is 4.45. The van der Waals surface area contributed by atoms with Crippen LogP contribution in [0.25, 0.3) is 5.82 Å². The van der Waals surface area contributed by atoms with Crippen LogP contribution in [0.5, 0.6) is 0 Å². The van der Waals surface area contributed by atoms with Crippen molar-refractivity contribution >= 4 is 29.9 Å². The molecule has 0 fully saturated rings. The molecule has 1 aliphatic heterocycles. The Labute approximate surface area is 181 Å². The molecule has 0 aliphatic carbocycles. The number of pyridine rings is 1. The summed E-state index contributed by atoms with van der Waals surface area (Å²) in [5.74, 6) is 0.277. The van der Waals surface area contributed by atoms with Crippen LogP contribution in [-0.4, -0.2) is 33.8 Å². The second-order valence-electron chi connectivity index (χ2n) is 7.00. The summed E-state index contributed by atoms with van der Waals surface area (Å²) in [5.41, 5.74) is 4.59. The molecule has 6 nitrogen and oxygen atoms in total. The summed E-state index contributed by atoms with van der Waals surface area (Å²) in [5, 5.41) is 11.2. The molecule has 1 aliphatic rings. The van der Waals surface area contributed by atoms with Crippen molar-refractivity contribution in [2.75, 3.05) is 13.1 Å². The van der Waals surface area contributed by atoms with E-state index in [1.54, 1.807) is 16.8 Å². The molecule has 152 valence electrons. The minimum Gasteiger partial charge on any atom is -0.349 e. The van der Waals surface area contributed by atoms with Gasteiger partial charge in [-0.05, 0) is 56.1 Å². The molecule has 0 saturated carbocycles. The molecule has 2 N–H and O–H groups in total. The fraction of sp³-hybridized carbons (Fsp3) is 0.286. The first-order valence-electron chi connectivity index (χ1n) is 9.32. The van der Waals surface area contributed by atoms with Crippen molar-refractivity contribution in [2.24, 2.45) is 0 Å². The van der Waals surface area contributed by atoms with Gasteiger partial charge in [0.1, 0.15) is 5.69 Å². The number of nitrogens with one attached hydrogen (secondary N) is 2. The van der Waals surface area contributed by atoms with Crippen molar-refractivity contribution in [3.05, 3.63) is 75.7 Å². The van der Waals surface area contributed by atoms with Crippen LogP contribution in [-0.2, 0) is 6.42 Å². The number of hydrogen-bond acceptors (Lipinski definition) is 4. The molecule has 0 spiro atoms. The Morgan fingerprint density at radius 1 is 1.28 bits per heavy atom. The quantitative estimate of drug-likeness (QED) is 0.661. The van der Waals surface area contributed by atoms with Gasteiger partial charge in [-0.15, -0.1) is 12.4 Å². The number of aromatic nitrogens is 3. The van der Waals surface area contributed by atoms with E-state index in [-0.39, 0.29) is 30.0 Å². The van der Waals surface area contributed by atoms with Gasteiger partial charge in [0.25, 0.3) is 5.91 Å². The highest BCUT2D eigenvalue weighted by Gasteiger charge is 2.21. The average Bonchev–Trinajstić information content (AvgIpc) is 3.04. The van der Waals surface area contributed by atoms with Gasteiger partial charge in [0, 0.05) is 18.3 Å². The summed E-state index contributed by atoms with van der Waals surface area (Å²) < 4.78 is 1.71. The molecule has 3 heterocycles. The van der Waals surface area contributed by atoms with E-state index in [4.69, 9.17) is 11.6 Å². The van der Waals surface area contributed by atoms with Gasteiger partial charge in [0.2, 0.25) is 0 Å². The van der Waals surface area contributed by atoms with E-state index in [2.05, 4.69) is 32.8 Å². The van der Waals surface area contributed by atoms with Crippen molar-refractivity contribution < 1.29 is 4.79 Å². The third-order valence-corrected chi connectivity index (χ3v) is 5.26. The predicted octanol–water partition coefficient (Wildman–Crippen LogP) is 3.58. The number of rotatable bonds is 4. The lowest BCUT2D eigenvalue weighted by molar-refractivity contribution is 0.0944. The number of carbonyl (C=O) groups is 1. The molecule has 1 atom stereocenters. The van der Waals surface area contributed by atoms with Gasteiger partial charge in [-0.1, -0.05) is 35.9 Å². The van der Waals surface area contributed by atoms with E-state index < -0.39 is 0 Å². The normalized spacial score (nSPS) is 15.3. The molecule has 1 amide bonds. The Morgan fingerprint density at radius 3 is 2.83 bits per heavy atom. The minimum absolute atomic E-state index is 0. The highest BCUT2D eigenvalue weighted by molar-refractivity contribution is 6.33. The maximum Gasteiger partial charge on any atom is 0.271 e. The summed E-state index contributed by atoms with van der Waals surface area (Å²) in [6.07, 6.45) is 0.999. The van der Waals surface area contributed by atoms with E-state index >= 15 is 0 Å². The molecule has 1 unspecified atom stereocenters. The lowest BCUT2D eigenvalue weighted by atomic mass is 9.94. The molecule has 0 radical (unpaired) electrons. The van der Waals surface area contributed by atoms with Crippen LogP contribution in [0.2, 0.25) is 5.02 Å². The second kappa shape index (κ2) is 8.95. The molecule has 1 aromatic carbocycles. The highest BCUT2D eigenvalue weighted by atomic mass is 35.5. The van der Waals surface area contributed by atoms with Gasteiger partial charge >= 0.3 is 0 Å². The van der Waals surface area contributed by atoms with Crippen LogP contribution in [0.1, 0.15) is 39.0 Å². The van der Waals surface area contributed by atoms with E-state index in [9.17, 15) is 4.79 Å². The number of nitrogens with zero attached hydrogens (tertiary/aromatic N) is 3. The number of amides is 1. The summed E-state index contributed by atoms with van der Waals surface area (Å²) >= 11 is 6.26. The van der Waals surface area contributed by atoms with E-state index in [0.717, 1.165) is 24.4 Å². The third-order valence-electron chi connectivity index (χ3n) is 4.96. The largest absolute Gasteiger partial charge is 0.349 e. The molecule has 4 rings (SSSR count). The maximum atomic E-state index is 12.8. The van der Waals surface area contributed by atoms with Crippen molar-refractivity contribution in [1.29, 1.82) is 0 Å². The van der Waals surface area contributed by atoms with Crippen LogP contribution in [0.3, 0.4) is 0 Å². The molecule has 3 aromatic rings. The molecule has 0 bridgehead atoms. The summed E-state index contributed by atoms with van der Waals surface area (Å²) in [6, 6.07) is 13.8. The lowest BCUT2D eigenvalue weighted by Gasteiger charge is -2.27. The average molecular weight is 432 g/mol. The number of aryl methyl sites for hydroxylation is 2. The van der Waals surface area contributed by atoms with Crippen LogP contribution in [0.15, 0.2) is 42.5 Å². The fourth-order valence-corrected chi connectivity index (χ4v) is 3.81. The monoisotopic (exact) mass is 431 g/mol. The number of carbonyl (C=O) groups excluding carboxylic acids is 1.